The summed E-state index contributed by atoms with van der Waals surface area (Å²) in [7, 11) is 0. The number of aromatic nitrogens is 1. The minimum atomic E-state index is -0.672. The summed E-state index contributed by atoms with van der Waals surface area (Å²) >= 11 is 0. The number of carbonyl (C=O) groups excluding carboxylic acids is 1. The van der Waals surface area contributed by atoms with Crippen LogP contribution in [-0.4, -0.2) is 17.1 Å². The van der Waals surface area contributed by atoms with Gasteiger partial charge in [-0.25, -0.2) is 13.5 Å². The number of nitrogens with one attached hydrogen (secondary N) is 2. The average molecular weight is 439 g/mol. The zero-order chi connectivity index (χ0) is 22.8. The second-order valence-electron chi connectivity index (χ2n) is 8.37. The Labute approximate surface area is 185 Å². The Kier molecular flexibility index (Phi) is 6.26. The Morgan fingerprint density at radius 3 is 2.59 bits per heavy atom. The lowest BCUT2D eigenvalue weighted by molar-refractivity contribution is 0.0900. The normalized spacial score (nSPS) is 14.8. The molecule has 1 saturated carbocycles. The lowest BCUT2D eigenvalue weighted by atomic mass is 9.74. The first-order valence-corrected chi connectivity index (χ1v) is 11.1. The summed E-state index contributed by atoms with van der Waals surface area (Å²) in [5.74, 6) is -1.24. The Bertz CT molecular complexity index is 1220. The van der Waals surface area contributed by atoms with E-state index in [0.717, 1.165) is 25.7 Å². The SMILES string of the molecule is CCCNn1c(C)c([11C](=O)N[C@H](c2cccc(F)c2)C2CCC2)c2cccc(F)c2c1=O. The second-order valence-corrected chi connectivity index (χ2v) is 8.37. The molecule has 0 saturated heterocycles. The van der Waals surface area contributed by atoms with E-state index in [-0.39, 0.29) is 34.1 Å². The molecule has 0 radical (unpaired) electrons. The Morgan fingerprint density at radius 1 is 1.19 bits per heavy atom. The number of hydrogen-bond acceptors (Lipinski definition) is 3. The van der Waals surface area contributed by atoms with Crippen molar-refractivity contribution in [2.24, 2.45) is 5.92 Å². The van der Waals surface area contributed by atoms with Crippen molar-refractivity contribution in [3.8, 4) is 0 Å². The quantitative estimate of drug-likeness (QED) is 0.556. The van der Waals surface area contributed by atoms with Crippen LogP contribution in [0.1, 0.15) is 60.3 Å². The van der Waals surface area contributed by atoms with Crippen LogP contribution in [0.3, 0.4) is 0 Å². The molecule has 1 atom stereocenters. The maximum absolute atomic E-state index is 14.7. The Balaban J connectivity index is 1.81. The van der Waals surface area contributed by atoms with Crippen LogP contribution in [0.5, 0.6) is 0 Å². The number of halogens is 2. The smallest absolute Gasteiger partial charge is 0.279 e. The van der Waals surface area contributed by atoms with Gasteiger partial charge in [0, 0.05) is 11.9 Å². The highest BCUT2D eigenvalue weighted by Crippen LogP contribution is 2.38. The van der Waals surface area contributed by atoms with E-state index in [1.165, 1.54) is 28.9 Å². The van der Waals surface area contributed by atoms with Gasteiger partial charge in [-0.15, -0.1) is 0 Å². The lowest BCUT2D eigenvalue weighted by Crippen LogP contribution is -2.39. The molecule has 2 N–H and O–H groups in total. The summed E-state index contributed by atoms with van der Waals surface area (Å²) in [4.78, 5) is 26.6. The molecule has 1 aliphatic rings. The van der Waals surface area contributed by atoms with Gasteiger partial charge in [0.05, 0.1) is 22.7 Å². The number of rotatable bonds is 7. The molecule has 4 rings (SSSR count). The fraction of sp³-hybridized carbons (Fsp3) is 0.360. The molecule has 2 aromatic carbocycles. The van der Waals surface area contributed by atoms with Gasteiger partial charge in [-0.1, -0.05) is 37.6 Å². The van der Waals surface area contributed by atoms with Crippen molar-refractivity contribution in [1.82, 2.24) is 9.99 Å². The zero-order valence-corrected chi connectivity index (χ0v) is 18.3. The van der Waals surface area contributed by atoms with E-state index in [0.29, 0.717) is 17.8 Å². The van der Waals surface area contributed by atoms with Gasteiger partial charge in [0.25, 0.3) is 11.5 Å². The van der Waals surface area contributed by atoms with Crippen molar-refractivity contribution < 1.29 is 13.6 Å². The maximum Gasteiger partial charge on any atom is 0.279 e. The summed E-state index contributed by atoms with van der Waals surface area (Å²) in [5, 5.41) is 3.21. The third-order valence-electron chi connectivity index (χ3n) is 6.26. The standard InChI is InChI=1S/C25H27F2N3O2/c1-3-13-28-30-15(2)21(19-11-6-12-20(27)22(19)25(30)32)24(31)29-23(16-7-4-8-16)17-9-5-10-18(26)14-17/h5-6,9-12,14,16,23,28H,3-4,7-8,13H2,1-2H3,(H,29,31)/t23-/m0/s1/i24-1. The molecule has 0 unspecified atom stereocenters. The van der Waals surface area contributed by atoms with E-state index in [2.05, 4.69) is 10.7 Å². The van der Waals surface area contributed by atoms with Crippen molar-refractivity contribution in [2.45, 2.75) is 45.6 Å². The van der Waals surface area contributed by atoms with Crippen LogP contribution < -0.4 is 16.3 Å². The number of pyridine rings is 1. The molecule has 0 bridgehead atoms. The van der Waals surface area contributed by atoms with E-state index >= 15 is 0 Å². The molecular weight excluding hydrogens is 411 g/mol. The zero-order valence-electron chi connectivity index (χ0n) is 18.3. The van der Waals surface area contributed by atoms with Crippen LogP contribution in [0.15, 0.2) is 47.3 Å². The first-order valence-electron chi connectivity index (χ1n) is 11.1. The Hall–Kier alpha value is -3.22. The van der Waals surface area contributed by atoms with E-state index < -0.39 is 17.3 Å². The largest absolute Gasteiger partial charge is 0.345 e. The minimum absolute atomic E-state index is 0.127. The van der Waals surface area contributed by atoms with Crippen LogP contribution in [0.2, 0.25) is 0 Å². The maximum atomic E-state index is 14.7. The highest BCUT2D eigenvalue weighted by molar-refractivity contribution is 6.08. The number of hydrogen-bond donors (Lipinski definition) is 2. The molecule has 32 heavy (non-hydrogen) atoms. The third-order valence-corrected chi connectivity index (χ3v) is 6.26. The van der Waals surface area contributed by atoms with Crippen molar-refractivity contribution in [1.29, 1.82) is 0 Å². The average Bonchev–Trinajstić information content (AvgIpc) is 2.72. The van der Waals surface area contributed by atoms with Crippen LogP contribution in [0, 0.1) is 24.5 Å². The molecule has 0 aliphatic heterocycles. The minimum Gasteiger partial charge on any atom is -0.345 e. The Morgan fingerprint density at radius 2 is 1.94 bits per heavy atom. The third kappa shape index (κ3) is 3.99. The number of carbonyl (C=O) groups is 1. The van der Waals surface area contributed by atoms with Crippen molar-refractivity contribution in [2.75, 3.05) is 12.0 Å². The van der Waals surface area contributed by atoms with Gasteiger partial charge in [0.2, 0.25) is 0 Å². The molecule has 1 aromatic heterocycles. The first-order chi connectivity index (χ1) is 15.4. The topological polar surface area (TPSA) is 63.1 Å². The van der Waals surface area contributed by atoms with Crippen molar-refractivity contribution in [3.63, 3.8) is 0 Å². The van der Waals surface area contributed by atoms with Crippen LogP contribution in [-0.2, 0) is 0 Å². The predicted octanol–water partition coefficient (Wildman–Crippen LogP) is 4.81. The fourth-order valence-corrected chi connectivity index (χ4v) is 4.38. The lowest BCUT2D eigenvalue weighted by Gasteiger charge is -2.35. The summed E-state index contributed by atoms with van der Waals surface area (Å²) in [6, 6.07) is 10.2. The van der Waals surface area contributed by atoms with Gasteiger partial charge >= 0.3 is 0 Å². The monoisotopic (exact) mass is 438 g/mol. The molecule has 3 aromatic rings. The van der Waals surface area contributed by atoms with Gasteiger partial charge in [-0.2, -0.15) is 0 Å². The summed E-state index contributed by atoms with van der Waals surface area (Å²) < 4.78 is 29.8. The molecule has 1 amide bonds. The molecule has 7 heteroatoms. The summed E-state index contributed by atoms with van der Waals surface area (Å²) in [6.07, 6.45) is 3.69. The van der Waals surface area contributed by atoms with Crippen LogP contribution >= 0.6 is 0 Å². The fourth-order valence-electron chi connectivity index (χ4n) is 4.38. The molecular formula is C25H27F2N3O2. The highest BCUT2D eigenvalue weighted by atomic mass is 19.1. The molecule has 168 valence electrons. The first kappa shape index (κ1) is 22.0. The summed E-state index contributed by atoms with van der Waals surface area (Å²) in [5.41, 5.74) is 3.81. The highest BCUT2D eigenvalue weighted by Gasteiger charge is 2.31. The number of fused-ring (bicyclic) bond motifs is 1. The molecule has 0 spiro atoms. The summed E-state index contributed by atoms with van der Waals surface area (Å²) in [6.45, 7) is 4.12. The molecule has 5 nitrogen and oxygen atoms in total. The second kappa shape index (κ2) is 9.10. The van der Waals surface area contributed by atoms with Gasteiger partial charge in [0.1, 0.15) is 11.6 Å². The predicted molar refractivity (Wildman–Crippen MR) is 121 cm³/mol. The van der Waals surface area contributed by atoms with Gasteiger partial charge in [0.15, 0.2) is 0 Å². The van der Waals surface area contributed by atoms with Crippen LogP contribution in [0.25, 0.3) is 10.8 Å². The van der Waals surface area contributed by atoms with E-state index in [1.54, 1.807) is 25.1 Å². The van der Waals surface area contributed by atoms with E-state index in [4.69, 9.17) is 0 Å². The van der Waals surface area contributed by atoms with Gasteiger partial charge < -0.3 is 10.7 Å². The molecule has 1 fully saturated rings. The number of benzene rings is 2. The van der Waals surface area contributed by atoms with Gasteiger partial charge in [-0.05, 0) is 55.9 Å². The van der Waals surface area contributed by atoms with E-state index in [1.807, 2.05) is 6.92 Å². The van der Waals surface area contributed by atoms with Crippen molar-refractivity contribution in [3.05, 3.63) is 81.3 Å². The number of amides is 1. The van der Waals surface area contributed by atoms with Gasteiger partial charge in [-0.3, -0.25) is 9.59 Å². The molecule has 1 heterocycles. The van der Waals surface area contributed by atoms with Crippen LogP contribution in [0.4, 0.5) is 8.78 Å². The number of nitrogens with zero attached hydrogens (tertiary/aromatic N) is 1. The van der Waals surface area contributed by atoms with E-state index in [9.17, 15) is 18.4 Å². The van der Waals surface area contributed by atoms with Crippen molar-refractivity contribution >= 4 is 16.7 Å². The molecule has 1 aliphatic carbocycles.